The number of halogens is 3. The number of thiophene rings is 1. The summed E-state index contributed by atoms with van der Waals surface area (Å²) in [5, 5.41) is 6.48. The lowest BCUT2D eigenvalue weighted by Crippen LogP contribution is -2.48. The average Bonchev–Trinajstić information content (AvgIpc) is 3.09. The molecule has 0 spiro atoms. The van der Waals surface area contributed by atoms with E-state index in [2.05, 4.69) is 10.5 Å². The van der Waals surface area contributed by atoms with Crippen molar-refractivity contribution in [1.82, 2.24) is 5.32 Å². The van der Waals surface area contributed by atoms with Crippen LogP contribution >= 0.6 is 11.3 Å². The van der Waals surface area contributed by atoms with E-state index in [1.54, 1.807) is 12.1 Å². The van der Waals surface area contributed by atoms with Crippen molar-refractivity contribution < 1.29 is 22.8 Å². The van der Waals surface area contributed by atoms with Crippen LogP contribution in [0.1, 0.15) is 41.2 Å². The Labute approximate surface area is 135 Å². The number of carbonyl (C=O) groups is 1. The van der Waals surface area contributed by atoms with Crippen molar-refractivity contribution in [2.45, 2.75) is 38.5 Å². The summed E-state index contributed by atoms with van der Waals surface area (Å²) in [7, 11) is 0. The Bertz CT molecular complexity index is 651. The van der Waals surface area contributed by atoms with Crippen LogP contribution in [-0.4, -0.2) is 29.9 Å². The molecule has 1 aliphatic heterocycles. The Kier molecular flexibility index (Phi) is 3.90. The maximum absolute atomic E-state index is 13.1. The van der Waals surface area contributed by atoms with Crippen molar-refractivity contribution in [3.63, 3.8) is 0 Å². The molecule has 1 aromatic heterocycles. The second kappa shape index (κ2) is 5.51. The topological polar surface area (TPSA) is 50.7 Å². The predicted octanol–water partition coefficient (Wildman–Crippen LogP) is 3.58. The van der Waals surface area contributed by atoms with E-state index in [0.717, 1.165) is 31.1 Å². The first-order valence-corrected chi connectivity index (χ1v) is 8.25. The molecule has 126 valence electrons. The second-order valence-corrected chi connectivity index (χ2v) is 7.30. The largest absolute Gasteiger partial charge is 0.431 e. The Morgan fingerprint density at radius 3 is 2.74 bits per heavy atom. The number of oxime groups is 1. The van der Waals surface area contributed by atoms with Crippen LogP contribution in [0.5, 0.6) is 0 Å². The van der Waals surface area contributed by atoms with Crippen LogP contribution in [0.25, 0.3) is 0 Å². The molecule has 1 fully saturated rings. The first kappa shape index (κ1) is 16.3. The van der Waals surface area contributed by atoms with E-state index in [-0.39, 0.29) is 11.6 Å². The first-order chi connectivity index (χ1) is 10.7. The molecule has 1 amide bonds. The number of nitrogens with zero attached hydrogens (tertiary/aromatic N) is 1. The SMILES string of the molecule is CC1C(c2ccc(C(=O)NCC3CC3)s2)=NOC1(C)C(F)(F)F. The van der Waals surface area contributed by atoms with Gasteiger partial charge in [0.1, 0.15) is 5.71 Å². The summed E-state index contributed by atoms with van der Waals surface area (Å²) in [4.78, 5) is 17.7. The fourth-order valence-electron chi connectivity index (χ4n) is 2.36. The van der Waals surface area contributed by atoms with E-state index in [0.29, 0.717) is 22.2 Å². The number of hydrogen-bond donors (Lipinski definition) is 1. The summed E-state index contributed by atoms with van der Waals surface area (Å²) in [5.41, 5.74) is -2.10. The normalized spacial score (nSPS) is 27.5. The Morgan fingerprint density at radius 2 is 2.17 bits per heavy atom. The number of rotatable bonds is 4. The van der Waals surface area contributed by atoms with Crippen molar-refractivity contribution in [2.75, 3.05) is 6.54 Å². The third-order valence-corrected chi connectivity index (χ3v) is 5.57. The highest BCUT2D eigenvalue weighted by atomic mass is 32.1. The van der Waals surface area contributed by atoms with Crippen molar-refractivity contribution >= 4 is 23.0 Å². The number of alkyl halides is 3. The summed E-state index contributed by atoms with van der Waals surface area (Å²) in [6.07, 6.45) is -2.24. The maximum atomic E-state index is 13.1. The van der Waals surface area contributed by atoms with Gasteiger partial charge in [-0.25, -0.2) is 0 Å². The molecule has 8 heteroatoms. The molecular formula is C15H17F3N2O2S. The van der Waals surface area contributed by atoms with Gasteiger partial charge in [0, 0.05) is 6.54 Å². The van der Waals surface area contributed by atoms with Gasteiger partial charge in [-0.2, -0.15) is 13.2 Å². The number of amides is 1. The van der Waals surface area contributed by atoms with Crippen LogP contribution in [0, 0.1) is 11.8 Å². The van der Waals surface area contributed by atoms with Gasteiger partial charge in [-0.05, 0) is 37.8 Å². The lowest BCUT2D eigenvalue weighted by molar-refractivity contribution is -0.272. The van der Waals surface area contributed by atoms with Crippen molar-refractivity contribution in [2.24, 2.45) is 17.0 Å². The highest BCUT2D eigenvalue weighted by molar-refractivity contribution is 7.16. The number of carbonyl (C=O) groups excluding carboxylic acids is 1. The molecule has 1 aliphatic carbocycles. The molecule has 0 radical (unpaired) electrons. The van der Waals surface area contributed by atoms with Gasteiger partial charge in [0.2, 0.25) is 5.60 Å². The molecular weight excluding hydrogens is 329 g/mol. The van der Waals surface area contributed by atoms with Gasteiger partial charge in [-0.15, -0.1) is 11.3 Å². The molecule has 1 saturated carbocycles. The second-order valence-electron chi connectivity index (χ2n) is 6.21. The third kappa shape index (κ3) is 2.96. The van der Waals surface area contributed by atoms with Gasteiger partial charge in [0.15, 0.2) is 0 Å². The van der Waals surface area contributed by atoms with Crippen LogP contribution in [0.15, 0.2) is 17.3 Å². The fourth-order valence-corrected chi connectivity index (χ4v) is 3.35. The lowest BCUT2D eigenvalue weighted by atomic mass is 9.86. The van der Waals surface area contributed by atoms with E-state index in [9.17, 15) is 18.0 Å². The molecule has 0 bridgehead atoms. The minimum atomic E-state index is -4.51. The lowest BCUT2D eigenvalue weighted by Gasteiger charge is -2.28. The molecule has 3 rings (SSSR count). The van der Waals surface area contributed by atoms with Crippen LogP contribution in [0.2, 0.25) is 0 Å². The third-order valence-electron chi connectivity index (χ3n) is 4.46. The molecule has 0 saturated heterocycles. The van der Waals surface area contributed by atoms with Gasteiger partial charge >= 0.3 is 6.18 Å². The molecule has 1 N–H and O–H groups in total. The van der Waals surface area contributed by atoms with E-state index in [1.165, 1.54) is 6.92 Å². The standard InChI is InChI=1S/C15H17F3N2O2S/c1-8-12(20-22-14(8,2)15(16,17)18)10-5-6-11(23-10)13(21)19-7-9-3-4-9/h5-6,8-9H,3-4,7H2,1-2H3,(H,19,21). The molecule has 2 atom stereocenters. The minimum absolute atomic E-state index is 0.195. The van der Waals surface area contributed by atoms with Crippen molar-refractivity contribution in [3.8, 4) is 0 Å². The number of nitrogens with one attached hydrogen (secondary N) is 1. The quantitative estimate of drug-likeness (QED) is 0.906. The Balaban J connectivity index is 1.72. The van der Waals surface area contributed by atoms with Crippen LogP contribution < -0.4 is 5.32 Å². The highest BCUT2D eigenvalue weighted by Gasteiger charge is 2.62. The summed E-state index contributed by atoms with van der Waals surface area (Å²) in [6, 6.07) is 3.23. The zero-order valence-corrected chi connectivity index (χ0v) is 13.6. The monoisotopic (exact) mass is 346 g/mol. The first-order valence-electron chi connectivity index (χ1n) is 7.43. The predicted molar refractivity (Wildman–Crippen MR) is 80.6 cm³/mol. The summed E-state index contributed by atoms with van der Waals surface area (Å²) in [6.45, 7) is 3.08. The van der Waals surface area contributed by atoms with Gasteiger partial charge in [0.05, 0.1) is 15.7 Å². The van der Waals surface area contributed by atoms with Gasteiger partial charge in [-0.1, -0.05) is 12.1 Å². The molecule has 2 aliphatic rings. The summed E-state index contributed by atoms with van der Waals surface area (Å²) >= 11 is 1.14. The van der Waals surface area contributed by atoms with Gasteiger partial charge < -0.3 is 10.2 Å². The number of hydrogen-bond acceptors (Lipinski definition) is 4. The van der Waals surface area contributed by atoms with E-state index < -0.39 is 17.7 Å². The van der Waals surface area contributed by atoms with Crippen molar-refractivity contribution in [3.05, 3.63) is 21.9 Å². The van der Waals surface area contributed by atoms with Gasteiger partial charge in [-0.3, -0.25) is 4.79 Å². The van der Waals surface area contributed by atoms with E-state index in [4.69, 9.17) is 4.84 Å². The Hall–Kier alpha value is -1.57. The van der Waals surface area contributed by atoms with Crippen LogP contribution in [-0.2, 0) is 4.84 Å². The average molecular weight is 346 g/mol. The van der Waals surface area contributed by atoms with Crippen LogP contribution in [0.3, 0.4) is 0 Å². The molecule has 2 heterocycles. The molecule has 23 heavy (non-hydrogen) atoms. The summed E-state index contributed by atoms with van der Waals surface area (Å²) < 4.78 is 39.4. The molecule has 1 aromatic rings. The molecule has 2 unspecified atom stereocenters. The van der Waals surface area contributed by atoms with E-state index in [1.807, 2.05) is 0 Å². The van der Waals surface area contributed by atoms with Crippen molar-refractivity contribution in [1.29, 1.82) is 0 Å². The molecule has 0 aromatic carbocycles. The smallest absolute Gasteiger partial charge is 0.379 e. The zero-order chi connectivity index (χ0) is 16.8. The summed E-state index contributed by atoms with van der Waals surface area (Å²) in [5.74, 6) is -0.569. The zero-order valence-electron chi connectivity index (χ0n) is 12.7. The van der Waals surface area contributed by atoms with Crippen LogP contribution in [0.4, 0.5) is 13.2 Å². The van der Waals surface area contributed by atoms with E-state index >= 15 is 0 Å². The fraction of sp³-hybridized carbons (Fsp3) is 0.600. The Morgan fingerprint density at radius 1 is 1.48 bits per heavy atom. The minimum Gasteiger partial charge on any atom is -0.379 e. The maximum Gasteiger partial charge on any atom is 0.431 e. The molecule has 4 nitrogen and oxygen atoms in total. The van der Waals surface area contributed by atoms with Gasteiger partial charge in [0.25, 0.3) is 5.91 Å². The highest BCUT2D eigenvalue weighted by Crippen LogP contribution is 2.45.